The van der Waals surface area contributed by atoms with Gasteiger partial charge in [-0.2, -0.15) is 13.2 Å². The summed E-state index contributed by atoms with van der Waals surface area (Å²) in [5.41, 5.74) is 7.08. The van der Waals surface area contributed by atoms with Crippen molar-refractivity contribution in [1.82, 2.24) is 20.2 Å². The topological polar surface area (TPSA) is 174 Å². The Morgan fingerprint density at radius 2 is 1.12 bits per heavy atom. The van der Waals surface area contributed by atoms with E-state index in [-0.39, 0.29) is 33.7 Å². The van der Waals surface area contributed by atoms with Crippen LogP contribution in [0.15, 0.2) is 85.2 Å². The fourth-order valence-corrected chi connectivity index (χ4v) is 5.82. The molecular formula is C38H30F5N7O7S. The minimum absolute atomic E-state index is 0.0268. The molecule has 4 N–H and O–H groups in total. The number of rotatable bonds is 10. The van der Waals surface area contributed by atoms with E-state index < -0.39 is 28.8 Å². The molecule has 0 saturated heterocycles. The van der Waals surface area contributed by atoms with Gasteiger partial charge in [0.2, 0.25) is 10.1 Å². The van der Waals surface area contributed by atoms with Gasteiger partial charge in [0.1, 0.15) is 11.5 Å². The van der Waals surface area contributed by atoms with Gasteiger partial charge in [-0.3, -0.25) is 15.3 Å². The Hall–Kier alpha value is -7.22. The maximum Gasteiger partial charge on any atom is 0.445 e. The zero-order valence-electron chi connectivity index (χ0n) is 30.6. The van der Waals surface area contributed by atoms with Crippen LogP contribution in [0.5, 0.6) is 46.0 Å². The SMILES string of the molecule is COc1cc2nccc(Oc3ccc(N)cc3F)c2cc1OC.COc1cc2nccc(Oc3ccc(NC(=O)Nc4nnc(C(F)(F)F)s4)cc3F)c2cc1OC. The Labute approximate surface area is 329 Å². The number of benzene rings is 4. The molecule has 58 heavy (non-hydrogen) atoms. The monoisotopic (exact) mass is 823 g/mol. The Kier molecular flexibility index (Phi) is 12.1. The van der Waals surface area contributed by atoms with Gasteiger partial charge < -0.3 is 39.5 Å². The third-order valence-electron chi connectivity index (χ3n) is 7.89. The zero-order valence-corrected chi connectivity index (χ0v) is 31.4. The number of nitrogens with two attached hydrogens (primary N) is 1. The summed E-state index contributed by atoms with van der Waals surface area (Å²) >= 11 is 0.156. The number of aromatic nitrogens is 4. The Bertz CT molecular complexity index is 2610. The molecule has 0 spiro atoms. The van der Waals surface area contributed by atoms with Gasteiger partial charge in [0.05, 0.1) is 39.5 Å². The van der Waals surface area contributed by atoms with E-state index in [9.17, 15) is 26.7 Å². The average Bonchev–Trinajstić information content (AvgIpc) is 3.68. The summed E-state index contributed by atoms with van der Waals surface area (Å²) in [7, 11) is 6.05. The van der Waals surface area contributed by atoms with Crippen molar-refractivity contribution in [1.29, 1.82) is 0 Å². The van der Waals surface area contributed by atoms with Crippen LogP contribution in [0.3, 0.4) is 0 Å². The first kappa shape index (κ1) is 40.4. The number of nitrogen functional groups attached to an aromatic ring is 1. The summed E-state index contributed by atoms with van der Waals surface area (Å²) in [6, 6.07) is 16.9. The molecule has 0 aliphatic rings. The predicted molar refractivity (Wildman–Crippen MR) is 205 cm³/mol. The zero-order chi connectivity index (χ0) is 41.6. The van der Waals surface area contributed by atoms with Crippen LogP contribution < -0.4 is 44.8 Å². The van der Waals surface area contributed by atoms with E-state index in [4.69, 9.17) is 34.2 Å². The number of amides is 2. The van der Waals surface area contributed by atoms with Gasteiger partial charge in [-0.1, -0.05) is 11.3 Å². The summed E-state index contributed by atoms with van der Waals surface area (Å²) < 4.78 is 98.9. The van der Waals surface area contributed by atoms with E-state index in [0.717, 1.165) is 6.07 Å². The Morgan fingerprint density at radius 3 is 1.59 bits per heavy atom. The van der Waals surface area contributed by atoms with E-state index >= 15 is 0 Å². The highest BCUT2D eigenvalue weighted by molar-refractivity contribution is 7.15. The lowest BCUT2D eigenvalue weighted by atomic mass is 10.2. The molecule has 0 radical (unpaired) electrons. The maximum absolute atomic E-state index is 14.7. The van der Waals surface area contributed by atoms with E-state index in [1.807, 2.05) is 0 Å². The van der Waals surface area contributed by atoms with Crippen LogP contribution in [-0.4, -0.2) is 54.6 Å². The van der Waals surface area contributed by atoms with Crippen molar-refractivity contribution in [3.05, 3.63) is 102 Å². The maximum atomic E-state index is 14.7. The van der Waals surface area contributed by atoms with Crippen molar-refractivity contribution in [2.24, 2.45) is 0 Å². The van der Waals surface area contributed by atoms with Crippen LogP contribution in [0.1, 0.15) is 5.01 Å². The smallest absolute Gasteiger partial charge is 0.445 e. The van der Waals surface area contributed by atoms with E-state index in [1.54, 1.807) is 62.9 Å². The number of nitrogens with one attached hydrogen (secondary N) is 2. The van der Waals surface area contributed by atoms with Crippen molar-refractivity contribution < 1.29 is 55.2 Å². The van der Waals surface area contributed by atoms with Crippen LogP contribution in [0.4, 0.5) is 43.3 Å². The molecule has 0 saturated carbocycles. The number of pyridine rings is 2. The van der Waals surface area contributed by atoms with E-state index in [0.29, 0.717) is 62.0 Å². The second kappa shape index (κ2) is 17.3. The summed E-state index contributed by atoms with van der Waals surface area (Å²) in [6.45, 7) is 0. The Morgan fingerprint density at radius 1 is 0.621 bits per heavy atom. The molecule has 2 amide bonds. The molecule has 3 aromatic heterocycles. The summed E-state index contributed by atoms with van der Waals surface area (Å²) in [4.78, 5) is 20.6. The molecule has 3 heterocycles. The van der Waals surface area contributed by atoms with E-state index in [2.05, 4.69) is 30.8 Å². The minimum Gasteiger partial charge on any atom is -0.493 e. The van der Waals surface area contributed by atoms with Crippen LogP contribution in [0.25, 0.3) is 21.8 Å². The van der Waals surface area contributed by atoms with Gasteiger partial charge in [-0.25, -0.2) is 13.6 Å². The standard InChI is InChI=1S/C21H15F4N5O4S.C17H15FN2O3/c1-32-16-8-11-13(9-17(16)33-2)26-6-5-14(11)34-15-4-3-10(7-12(15)22)27-19(31)28-20-30-29-18(35-20)21(23,24)25;1-21-16-8-11-13(9-17(16)22-2)20-6-5-14(11)23-15-4-3-10(19)7-12(15)18/h3-9H,1-2H3,(H2,27,28,30,31);3-9H,19H2,1-2H3. The molecule has 0 atom stereocenters. The van der Waals surface area contributed by atoms with Crippen LogP contribution in [-0.2, 0) is 6.18 Å². The van der Waals surface area contributed by atoms with Crippen LogP contribution in [0.2, 0.25) is 0 Å². The van der Waals surface area contributed by atoms with Gasteiger partial charge in [0, 0.05) is 58.8 Å². The average molecular weight is 824 g/mol. The number of anilines is 3. The molecule has 0 aliphatic heterocycles. The summed E-state index contributed by atoms with van der Waals surface area (Å²) in [5.74, 6) is 1.36. The number of hydrogen-bond acceptors (Lipinski definition) is 13. The van der Waals surface area contributed by atoms with Crippen LogP contribution in [0, 0.1) is 11.6 Å². The summed E-state index contributed by atoms with van der Waals surface area (Å²) in [5, 5.41) is 10.3. The number of halogens is 5. The number of carbonyl (C=O) groups excluding carboxylic acids is 1. The summed E-state index contributed by atoms with van der Waals surface area (Å²) in [6.07, 6.45) is -1.61. The quantitative estimate of drug-likeness (QED) is 0.0882. The molecule has 0 unspecified atom stereocenters. The second-order valence-corrected chi connectivity index (χ2v) is 12.6. The lowest BCUT2D eigenvalue weighted by molar-refractivity contribution is -0.138. The highest BCUT2D eigenvalue weighted by Crippen LogP contribution is 2.39. The molecule has 4 aromatic carbocycles. The number of methoxy groups -OCH3 is 4. The third kappa shape index (κ3) is 9.24. The number of carbonyl (C=O) groups is 1. The number of nitrogens with zero attached hydrogens (tertiary/aromatic N) is 4. The van der Waals surface area contributed by atoms with Gasteiger partial charge >= 0.3 is 12.2 Å². The number of fused-ring (bicyclic) bond motifs is 2. The van der Waals surface area contributed by atoms with E-state index in [1.165, 1.54) is 44.7 Å². The molecule has 7 rings (SSSR count). The number of alkyl halides is 3. The fraction of sp³-hybridized carbons (Fsp3) is 0.132. The van der Waals surface area contributed by atoms with Crippen molar-refractivity contribution in [3.63, 3.8) is 0 Å². The normalized spacial score (nSPS) is 11.0. The molecule has 7 aromatic rings. The first-order valence-electron chi connectivity index (χ1n) is 16.5. The molecule has 0 bridgehead atoms. The van der Waals surface area contributed by atoms with Gasteiger partial charge in [-0.15, -0.1) is 10.2 Å². The number of ether oxygens (including phenoxy) is 6. The highest BCUT2D eigenvalue weighted by atomic mass is 32.1. The van der Waals surface area contributed by atoms with Crippen molar-refractivity contribution in [2.75, 3.05) is 44.8 Å². The number of urea groups is 1. The molecule has 0 fully saturated rings. The third-order valence-corrected chi connectivity index (χ3v) is 8.77. The number of hydrogen-bond donors (Lipinski definition) is 3. The van der Waals surface area contributed by atoms with Crippen molar-refractivity contribution in [2.45, 2.75) is 6.18 Å². The molecule has 300 valence electrons. The highest BCUT2D eigenvalue weighted by Gasteiger charge is 2.35. The largest absolute Gasteiger partial charge is 0.493 e. The lowest BCUT2D eigenvalue weighted by Gasteiger charge is -2.13. The van der Waals surface area contributed by atoms with Gasteiger partial charge in [-0.05, 0) is 48.5 Å². The molecule has 20 heteroatoms. The van der Waals surface area contributed by atoms with Crippen molar-refractivity contribution >= 4 is 55.7 Å². The fourth-order valence-electron chi connectivity index (χ4n) is 5.22. The molecule has 0 aliphatic carbocycles. The first-order valence-corrected chi connectivity index (χ1v) is 17.3. The van der Waals surface area contributed by atoms with Gasteiger partial charge in [0.15, 0.2) is 46.1 Å². The lowest BCUT2D eigenvalue weighted by Crippen LogP contribution is -2.19. The minimum atomic E-state index is -4.68. The predicted octanol–water partition coefficient (Wildman–Crippen LogP) is 9.46. The molecular weight excluding hydrogens is 794 g/mol. The Balaban J connectivity index is 0.000000213. The van der Waals surface area contributed by atoms with Gasteiger partial charge in [0.25, 0.3) is 0 Å². The molecule has 14 nitrogen and oxygen atoms in total. The van der Waals surface area contributed by atoms with Crippen molar-refractivity contribution in [3.8, 4) is 46.0 Å². The first-order chi connectivity index (χ1) is 27.8. The second-order valence-electron chi connectivity index (χ2n) is 11.6. The van der Waals surface area contributed by atoms with Crippen LogP contribution >= 0.6 is 11.3 Å².